The van der Waals surface area contributed by atoms with Crippen molar-refractivity contribution in [1.82, 2.24) is 0 Å². The summed E-state index contributed by atoms with van der Waals surface area (Å²) >= 11 is 0. The molecule has 2 rings (SSSR count). The van der Waals surface area contributed by atoms with Crippen molar-refractivity contribution in [3.05, 3.63) is 29.3 Å². The van der Waals surface area contributed by atoms with Gasteiger partial charge in [0.05, 0.1) is 13.2 Å². The standard InChI is InChI=1S/C11H15NO2/c1-8-2-3-9(5-12)11(4-8)14-10-6-13-7-10/h2-4,10H,5-7,12H2,1H3. The molecular formula is C11H15NO2. The summed E-state index contributed by atoms with van der Waals surface area (Å²) in [7, 11) is 0. The third-order valence-corrected chi connectivity index (χ3v) is 2.34. The van der Waals surface area contributed by atoms with Crippen LogP contribution < -0.4 is 10.5 Å². The van der Waals surface area contributed by atoms with Gasteiger partial charge < -0.3 is 15.2 Å². The lowest BCUT2D eigenvalue weighted by atomic mass is 10.1. The van der Waals surface area contributed by atoms with Crippen LogP contribution in [-0.4, -0.2) is 19.3 Å². The Kier molecular flexibility index (Phi) is 2.70. The maximum absolute atomic E-state index is 5.75. The highest BCUT2D eigenvalue weighted by molar-refractivity contribution is 5.37. The second kappa shape index (κ2) is 3.98. The van der Waals surface area contributed by atoms with Gasteiger partial charge in [-0.2, -0.15) is 0 Å². The fraction of sp³-hybridized carbons (Fsp3) is 0.455. The van der Waals surface area contributed by atoms with Crippen molar-refractivity contribution in [3.8, 4) is 5.75 Å². The van der Waals surface area contributed by atoms with E-state index in [9.17, 15) is 0 Å². The molecule has 1 fully saturated rings. The Morgan fingerprint density at radius 2 is 2.29 bits per heavy atom. The maximum Gasteiger partial charge on any atom is 0.145 e. The molecule has 0 unspecified atom stereocenters. The molecule has 3 nitrogen and oxygen atoms in total. The van der Waals surface area contributed by atoms with E-state index >= 15 is 0 Å². The van der Waals surface area contributed by atoms with Gasteiger partial charge in [-0.05, 0) is 18.6 Å². The highest BCUT2D eigenvalue weighted by Gasteiger charge is 2.20. The van der Waals surface area contributed by atoms with Crippen LogP contribution >= 0.6 is 0 Å². The topological polar surface area (TPSA) is 44.5 Å². The van der Waals surface area contributed by atoms with Gasteiger partial charge in [0.15, 0.2) is 0 Å². The number of nitrogens with two attached hydrogens (primary N) is 1. The first-order valence-electron chi connectivity index (χ1n) is 4.83. The van der Waals surface area contributed by atoms with Crippen molar-refractivity contribution >= 4 is 0 Å². The van der Waals surface area contributed by atoms with E-state index in [4.69, 9.17) is 15.2 Å². The van der Waals surface area contributed by atoms with Crippen LogP contribution in [0.4, 0.5) is 0 Å². The average Bonchev–Trinajstić information content (AvgIpc) is 2.12. The number of ether oxygens (including phenoxy) is 2. The lowest BCUT2D eigenvalue weighted by Crippen LogP contribution is -2.38. The molecule has 0 bridgehead atoms. The van der Waals surface area contributed by atoms with Gasteiger partial charge in [0.25, 0.3) is 0 Å². The zero-order valence-corrected chi connectivity index (χ0v) is 8.32. The zero-order chi connectivity index (χ0) is 9.97. The van der Waals surface area contributed by atoms with Gasteiger partial charge >= 0.3 is 0 Å². The number of hydrogen-bond donors (Lipinski definition) is 1. The Morgan fingerprint density at radius 3 is 2.86 bits per heavy atom. The average molecular weight is 193 g/mol. The first-order valence-corrected chi connectivity index (χ1v) is 4.83. The highest BCUT2D eigenvalue weighted by Crippen LogP contribution is 2.22. The van der Waals surface area contributed by atoms with Gasteiger partial charge in [-0.15, -0.1) is 0 Å². The van der Waals surface area contributed by atoms with E-state index < -0.39 is 0 Å². The molecule has 14 heavy (non-hydrogen) atoms. The zero-order valence-electron chi connectivity index (χ0n) is 8.32. The summed E-state index contributed by atoms with van der Waals surface area (Å²) in [6, 6.07) is 6.09. The molecule has 76 valence electrons. The SMILES string of the molecule is Cc1ccc(CN)c(OC2COC2)c1. The molecule has 1 aromatic rings. The van der Waals surface area contributed by atoms with E-state index in [0.717, 1.165) is 11.3 Å². The molecule has 0 aliphatic carbocycles. The third kappa shape index (κ3) is 1.89. The molecule has 0 saturated carbocycles. The summed E-state index contributed by atoms with van der Waals surface area (Å²) in [5.41, 5.74) is 7.87. The number of aryl methyl sites for hydroxylation is 1. The monoisotopic (exact) mass is 193 g/mol. The van der Waals surface area contributed by atoms with Crippen molar-refractivity contribution in [1.29, 1.82) is 0 Å². The van der Waals surface area contributed by atoms with Crippen molar-refractivity contribution in [2.75, 3.05) is 13.2 Å². The minimum atomic E-state index is 0.210. The summed E-state index contributed by atoms with van der Waals surface area (Å²) in [6.07, 6.45) is 0.210. The number of rotatable bonds is 3. The van der Waals surface area contributed by atoms with Crippen LogP contribution in [0.1, 0.15) is 11.1 Å². The van der Waals surface area contributed by atoms with Gasteiger partial charge in [-0.3, -0.25) is 0 Å². The van der Waals surface area contributed by atoms with Crippen molar-refractivity contribution < 1.29 is 9.47 Å². The number of benzene rings is 1. The molecule has 2 N–H and O–H groups in total. The smallest absolute Gasteiger partial charge is 0.145 e. The maximum atomic E-state index is 5.75. The first-order chi connectivity index (χ1) is 6.79. The minimum Gasteiger partial charge on any atom is -0.485 e. The van der Waals surface area contributed by atoms with Crippen LogP contribution in [0.25, 0.3) is 0 Å². The van der Waals surface area contributed by atoms with Crippen LogP contribution in [0, 0.1) is 6.92 Å². The minimum absolute atomic E-state index is 0.210. The molecule has 0 amide bonds. The Labute approximate surface area is 83.8 Å². The van der Waals surface area contributed by atoms with E-state index in [1.165, 1.54) is 5.56 Å². The molecule has 1 aliphatic heterocycles. The second-order valence-electron chi connectivity index (χ2n) is 3.59. The van der Waals surface area contributed by atoms with Crippen LogP contribution in [-0.2, 0) is 11.3 Å². The number of hydrogen-bond acceptors (Lipinski definition) is 3. The normalized spacial score (nSPS) is 16.4. The third-order valence-electron chi connectivity index (χ3n) is 2.34. The van der Waals surface area contributed by atoms with Gasteiger partial charge in [-0.25, -0.2) is 0 Å². The molecule has 0 atom stereocenters. The van der Waals surface area contributed by atoms with Crippen molar-refractivity contribution in [2.24, 2.45) is 5.73 Å². The Bertz CT molecular complexity index is 321. The summed E-state index contributed by atoms with van der Waals surface area (Å²) in [5, 5.41) is 0. The van der Waals surface area contributed by atoms with Gasteiger partial charge in [-0.1, -0.05) is 12.1 Å². The molecule has 3 heteroatoms. The lowest BCUT2D eigenvalue weighted by molar-refractivity contribution is -0.0800. The van der Waals surface area contributed by atoms with E-state index in [-0.39, 0.29) is 6.10 Å². The van der Waals surface area contributed by atoms with E-state index in [0.29, 0.717) is 19.8 Å². The van der Waals surface area contributed by atoms with E-state index in [1.807, 2.05) is 25.1 Å². The Morgan fingerprint density at radius 1 is 1.50 bits per heavy atom. The summed E-state index contributed by atoms with van der Waals surface area (Å²) in [5.74, 6) is 0.904. The summed E-state index contributed by atoms with van der Waals surface area (Å²) in [4.78, 5) is 0. The largest absolute Gasteiger partial charge is 0.485 e. The molecule has 1 aromatic carbocycles. The highest BCUT2D eigenvalue weighted by atomic mass is 16.6. The molecule has 1 aliphatic rings. The molecular weight excluding hydrogens is 178 g/mol. The van der Waals surface area contributed by atoms with Gasteiger partial charge in [0, 0.05) is 12.1 Å². The molecule has 0 radical (unpaired) electrons. The van der Waals surface area contributed by atoms with Crippen LogP contribution in [0.5, 0.6) is 5.75 Å². The predicted molar refractivity (Wildman–Crippen MR) is 54.3 cm³/mol. The summed E-state index contributed by atoms with van der Waals surface area (Å²) < 4.78 is 10.8. The van der Waals surface area contributed by atoms with E-state index in [1.54, 1.807) is 0 Å². The molecule has 1 saturated heterocycles. The predicted octanol–water partition coefficient (Wildman–Crippen LogP) is 1.23. The molecule has 0 aromatic heterocycles. The van der Waals surface area contributed by atoms with Gasteiger partial charge in [0.2, 0.25) is 0 Å². The van der Waals surface area contributed by atoms with Crippen LogP contribution in [0.15, 0.2) is 18.2 Å². The molecule has 0 spiro atoms. The second-order valence-corrected chi connectivity index (χ2v) is 3.59. The van der Waals surface area contributed by atoms with Crippen LogP contribution in [0.2, 0.25) is 0 Å². The van der Waals surface area contributed by atoms with E-state index in [2.05, 4.69) is 0 Å². The van der Waals surface area contributed by atoms with Crippen LogP contribution in [0.3, 0.4) is 0 Å². The summed E-state index contributed by atoms with van der Waals surface area (Å²) in [6.45, 7) is 3.95. The van der Waals surface area contributed by atoms with Crippen molar-refractivity contribution in [3.63, 3.8) is 0 Å². The fourth-order valence-electron chi connectivity index (χ4n) is 1.40. The fourth-order valence-corrected chi connectivity index (χ4v) is 1.40. The Hall–Kier alpha value is -1.06. The first kappa shape index (κ1) is 9.49. The quantitative estimate of drug-likeness (QED) is 0.785. The molecule has 1 heterocycles. The van der Waals surface area contributed by atoms with Gasteiger partial charge in [0.1, 0.15) is 11.9 Å². The lowest BCUT2D eigenvalue weighted by Gasteiger charge is -2.27. The van der Waals surface area contributed by atoms with Crippen molar-refractivity contribution in [2.45, 2.75) is 19.6 Å². The Balaban J connectivity index is 2.15.